The summed E-state index contributed by atoms with van der Waals surface area (Å²) in [5.74, 6) is 0. The van der Waals surface area contributed by atoms with Gasteiger partial charge in [-0.05, 0) is 19.3 Å². The number of unbranched alkanes of at least 4 members (excludes halogenated alkanes) is 1. The molecule has 0 nitrogen and oxygen atoms in total. The molecule has 0 rings (SSSR count). The fraction of sp³-hybridized carbons (Fsp3) is 0.800. The first-order valence-corrected chi connectivity index (χ1v) is 6.11. The van der Waals surface area contributed by atoms with Crippen molar-refractivity contribution in [1.82, 2.24) is 0 Å². The van der Waals surface area contributed by atoms with Crippen molar-refractivity contribution in [2.24, 2.45) is 0 Å². The Morgan fingerprint density at radius 2 is 1.91 bits per heavy atom. The molecule has 0 aliphatic carbocycles. The summed E-state index contributed by atoms with van der Waals surface area (Å²) in [5, 5.41) is 0. The van der Waals surface area contributed by atoms with E-state index in [2.05, 4.69) is 42.5 Å². The Hall–Kier alpha value is 0.470. The summed E-state index contributed by atoms with van der Waals surface area (Å²) in [6.07, 6.45) is 8.90. The van der Waals surface area contributed by atoms with E-state index in [1.165, 1.54) is 36.5 Å². The second-order valence-corrected chi connectivity index (χ2v) is 3.92. The highest BCUT2D eigenvalue weighted by molar-refractivity contribution is 14.1. The standard InChI is InChI=1S/C10H19I/c1-3-5-7-10(6-4-2)8-9-11/h7H,3-6,8-9H2,1-2H3/b10-7+. The maximum Gasteiger partial charge on any atom is 0.00325 e. The lowest BCUT2D eigenvalue weighted by atomic mass is 10.1. The third kappa shape index (κ3) is 6.85. The van der Waals surface area contributed by atoms with Gasteiger partial charge in [0.05, 0.1) is 0 Å². The van der Waals surface area contributed by atoms with Crippen LogP contribution in [0.2, 0.25) is 0 Å². The zero-order valence-corrected chi connectivity index (χ0v) is 9.86. The fourth-order valence-corrected chi connectivity index (χ4v) is 1.81. The number of allylic oxidation sites excluding steroid dienone is 2. The van der Waals surface area contributed by atoms with Crippen LogP contribution in [0.3, 0.4) is 0 Å². The predicted molar refractivity (Wildman–Crippen MR) is 61.4 cm³/mol. The van der Waals surface area contributed by atoms with Crippen LogP contribution in [-0.2, 0) is 0 Å². The van der Waals surface area contributed by atoms with Crippen molar-refractivity contribution in [1.29, 1.82) is 0 Å². The van der Waals surface area contributed by atoms with Gasteiger partial charge in [0, 0.05) is 4.43 Å². The zero-order valence-electron chi connectivity index (χ0n) is 7.70. The molecule has 0 aromatic heterocycles. The molecular formula is C10H19I. The quantitative estimate of drug-likeness (QED) is 0.381. The minimum absolute atomic E-state index is 1.27. The summed E-state index contributed by atoms with van der Waals surface area (Å²) in [7, 11) is 0. The molecule has 0 atom stereocenters. The Morgan fingerprint density at radius 1 is 1.18 bits per heavy atom. The summed E-state index contributed by atoms with van der Waals surface area (Å²) in [4.78, 5) is 0. The van der Waals surface area contributed by atoms with E-state index in [4.69, 9.17) is 0 Å². The Bertz CT molecular complexity index is 97.4. The molecule has 1 heteroatoms. The third-order valence-electron chi connectivity index (χ3n) is 1.71. The van der Waals surface area contributed by atoms with Crippen LogP contribution in [0.25, 0.3) is 0 Å². The highest BCUT2D eigenvalue weighted by Gasteiger charge is 1.93. The number of rotatable bonds is 6. The molecule has 0 fully saturated rings. The van der Waals surface area contributed by atoms with Gasteiger partial charge in [0.2, 0.25) is 0 Å². The van der Waals surface area contributed by atoms with Gasteiger partial charge in [0.25, 0.3) is 0 Å². The van der Waals surface area contributed by atoms with Crippen molar-refractivity contribution < 1.29 is 0 Å². The van der Waals surface area contributed by atoms with E-state index in [0.717, 1.165) is 0 Å². The Morgan fingerprint density at radius 3 is 2.36 bits per heavy atom. The molecule has 0 radical (unpaired) electrons. The minimum atomic E-state index is 1.27. The smallest absolute Gasteiger partial charge is 0.00325 e. The second kappa shape index (κ2) is 8.57. The maximum atomic E-state index is 2.45. The second-order valence-electron chi connectivity index (χ2n) is 2.84. The molecule has 0 aliphatic rings. The topological polar surface area (TPSA) is 0 Å². The summed E-state index contributed by atoms with van der Waals surface area (Å²) in [5.41, 5.74) is 1.67. The van der Waals surface area contributed by atoms with Crippen LogP contribution in [0.5, 0.6) is 0 Å². The summed E-state index contributed by atoms with van der Waals surface area (Å²) < 4.78 is 1.27. The van der Waals surface area contributed by atoms with Gasteiger partial charge in [0.1, 0.15) is 0 Å². The molecule has 11 heavy (non-hydrogen) atoms. The average molecular weight is 266 g/mol. The molecule has 0 unspecified atom stereocenters. The first-order valence-electron chi connectivity index (χ1n) is 4.59. The number of halogens is 1. The summed E-state index contributed by atoms with van der Waals surface area (Å²) in [6.45, 7) is 4.50. The van der Waals surface area contributed by atoms with E-state index in [0.29, 0.717) is 0 Å². The lowest BCUT2D eigenvalue weighted by Gasteiger charge is -2.02. The lowest BCUT2D eigenvalue weighted by molar-refractivity contribution is 0.841. The van der Waals surface area contributed by atoms with E-state index in [9.17, 15) is 0 Å². The van der Waals surface area contributed by atoms with Crippen molar-refractivity contribution in [2.45, 2.75) is 46.0 Å². The normalized spacial score (nSPS) is 12.1. The first-order chi connectivity index (χ1) is 5.35. The Balaban J connectivity index is 3.66. The first kappa shape index (κ1) is 11.5. The highest BCUT2D eigenvalue weighted by atomic mass is 127. The molecule has 0 bridgehead atoms. The summed E-state index contributed by atoms with van der Waals surface area (Å²) >= 11 is 2.45. The maximum absolute atomic E-state index is 2.45. The fourth-order valence-electron chi connectivity index (χ4n) is 1.12. The van der Waals surface area contributed by atoms with Crippen LogP contribution in [0.1, 0.15) is 46.0 Å². The lowest BCUT2D eigenvalue weighted by Crippen LogP contribution is -1.84. The van der Waals surface area contributed by atoms with Gasteiger partial charge >= 0.3 is 0 Å². The molecule has 0 spiro atoms. The monoisotopic (exact) mass is 266 g/mol. The van der Waals surface area contributed by atoms with Gasteiger partial charge in [-0.25, -0.2) is 0 Å². The van der Waals surface area contributed by atoms with Gasteiger partial charge in [-0.1, -0.05) is 60.9 Å². The van der Waals surface area contributed by atoms with E-state index in [1.807, 2.05) is 0 Å². The summed E-state index contributed by atoms with van der Waals surface area (Å²) in [6, 6.07) is 0. The van der Waals surface area contributed by atoms with E-state index >= 15 is 0 Å². The van der Waals surface area contributed by atoms with Crippen molar-refractivity contribution >= 4 is 22.6 Å². The molecular weight excluding hydrogens is 247 g/mol. The number of hydrogen-bond acceptors (Lipinski definition) is 0. The molecule has 0 heterocycles. The largest absolute Gasteiger partial charge is 0.0860 e. The Labute approximate surface area is 84.6 Å². The molecule has 0 aliphatic heterocycles. The number of alkyl halides is 1. The minimum Gasteiger partial charge on any atom is -0.0860 e. The Kier molecular flexibility index (Phi) is 8.93. The molecule has 0 aromatic carbocycles. The predicted octanol–water partition coefficient (Wildman–Crippen LogP) is 4.34. The van der Waals surface area contributed by atoms with E-state index in [-0.39, 0.29) is 0 Å². The molecule has 66 valence electrons. The third-order valence-corrected chi connectivity index (χ3v) is 2.25. The van der Waals surface area contributed by atoms with Crippen LogP contribution in [0, 0.1) is 0 Å². The van der Waals surface area contributed by atoms with E-state index in [1.54, 1.807) is 5.57 Å². The van der Waals surface area contributed by atoms with Gasteiger partial charge in [-0.3, -0.25) is 0 Å². The average Bonchev–Trinajstić information content (AvgIpc) is 2.01. The van der Waals surface area contributed by atoms with Gasteiger partial charge in [-0.15, -0.1) is 0 Å². The van der Waals surface area contributed by atoms with Crippen LogP contribution in [-0.4, -0.2) is 4.43 Å². The zero-order chi connectivity index (χ0) is 8.53. The van der Waals surface area contributed by atoms with Gasteiger partial charge < -0.3 is 0 Å². The molecule has 0 aromatic rings. The van der Waals surface area contributed by atoms with Crippen LogP contribution in [0.15, 0.2) is 11.6 Å². The van der Waals surface area contributed by atoms with Gasteiger partial charge in [-0.2, -0.15) is 0 Å². The highest BCUT2D eigenvalue weighted by Crippen LogP contribution is 2.12. The van der Waals surface area contributed by atoms with Crippen LogP contribution < -0.4 is 0 Å². The van der Waals surface area contributed by atoms with Crippen LogP contribution in [0.4, 0.5) is 0 Å². The van der Waals surface area contributed by atoms with Crippen molar-refractivity contribution in [3.05, 3.63) is 11.6 Å². The van der Waals surface area contributed by atoms with E-state index < -0.39 is 0 Å². The SMILES string of the molecule is CCC/C=C(\CCC)CCI. The van der Waals surface area contributed by atoms with Crippen LogP contribution >= 0.6 is 22.6 Å². The van der Waals surface area contributed by atoms with Crippen molar-refractivity contribution in [2.75, 3.05) is 4.43 Å². The molecule has 0 saturated heterocycles. The molecule has 0 N–H and O–H groups in total. The van der Waals surface area contributed by atoms with Crippen molar-refractivity contribution in [3.63, 3.8) is 0 Å². The van der Waals surface area contributed by atoms with Crippen molar-refractivity contribution in [3.8, 4) is 0 Å². The molecule has 0 saturated carbocycles. The molecule has 0 amide bonds. The van der Waals surface area contributed by atoms with Gasteiger partial charge in [0.15, 0.2) is 0 Å². The number of hydrogen-bond donors (Lipinski definition) is 0.